The number of rotatable bonds is 5. The van der Waals surface area contributed by atoms with Crippen molar-refractivity contribution in [2.24, 2.45) is 0 Å². The fourth-order valence-corrected chi connectivity index (χ4v) is 2.00. The molecule has 0 spiro atoms. The zero-order valence-corrected chi connectivity index (χ0v) is 11.8. The van der Waals surface area contributed by atoms with Crippen LogP contribution in [0, 0.1) is 0 Å². The molecule has 0 aromatic carbocycles. The van der Waals surface area contributed by atoms with Crippen molar-refractivity contribution >= 4 is 5.97 Å². The maximum absolute atomic E-state index is 12.2. The number of hydrogen-bond donors (Lipinski definition) is 0. The van der Waals surface area contributed by atoms with E-state index in [2.05, 4.69) is 9.72 Å². The summed E-state index contributed by atoms with van der Waals surface area (Å²) in [5, 5.41) is 0. The summed E-state index contributed by atoms with van der Waals surface area (Å²) in [7, 11) is 0. The highest BCUT2D eigenvalue weighted by molar-refractivity contribution is 5.91. The molecular formula is C14H16F3NO4. The van der Waals surface area contributed by atoms with Crippen LogP contribution in [0.15, 0.2) is 18.3 Å². The SMILES string of the molecule is O=C(OCC1CCCCO1)c1cccnc1OCC(F)(F)F. The molecule has 1 unspecified atom stereocenters. The molecule has 0 amide bonds. The summed E-state index contributed by atoms with van der Waals surface area (Å²) in [4.78, 5) is 15.6. The highest BCUT2D eigenvalue weighted by Gasteiger charge is 2.30. The summed E-state index contributed by atoms with van der Waals surface area (Å²) in [6.45, 7) is -0.836. The van der Waals surface area contributed by atoms with E-state index in [0.717, 1.165) is 19.3 Å². The van der Waals surface area contributed by atoms with Gasteiger partial charge in [0.15, 0.2) is 6.61 Å². The summed E-state index contributed by atoms with van der Waals surface area (Å²) in [5.74, 6) is -1.17. The molecule has 1 aromatic rings. The monoisotopic (exact) mass is 319 g/mol. The Hall–Kier alpha value is -1.83. The molecule has 122 valence electrons. The van der Waals surface area contributed by atoms with Crippen LogP contribution in [-0.2, 0) is 9.47 Å². The molecule has 1 aliphatic heterocycles. The van der Waals surface area contributed by atoms with Crippen LogP contribution in [0.5, 0.6) is 5.88 Å². The Balaban J connectivity index is 1.93. The van der Waals surface area contributed by atoms with Crippen molar-refractivity contribution in [1.82, 2.24) is 4.98 Å². The molecule has 1 saturated heterocycles. The Labute approximate surface area is 125 Å². The normalized spacial score (nSPS) is 18.8. The molecule has 0 radical (unpaired) electrons. The number of ether oxygens (including phenoxy) is 3. The van der Waals surface area contributed by atoms with Gasteiger partial charge in [-0.25, -0.2) is 9.78 Å². The molecule has 0 aliphatic carbocycles. The largest absolute Gasteiger partial charge is 0.467 e. The molecular weight excluding hydrogens is 303 g/mol. The smallest absolute Gasteiger partial charge is 0.422 e. The van der Waals surface area contributed by atoms with Gasteiger partial charge >= 0.3 is 12.1 Å². The number of nitrogens with zero attached hydrogens (tertiary/aromatic N) is 1. The quantitative estimate of drug-likeness (QED) is 0.781. The molecule has 8 heteroatoms. The topological polar surface area (TPSA) is 57.7 Å². The van der Waals surface area contributed by atoms with Crippen LogP contribution in [0.2, 0.25) is 0 Å². The van der Waals surface area contributed by atoms with Crippen molar-refractivity contribution in [2.75, 3.05) is 19.8 Å². The number of halogens is 3. The van der Waals surface area contributed by atoms with E-state index >= 15 is 0 Å². The first-order chi connectivity index (χ1) is 10.5. The first-order valence-electron chi connectivity index (χ1n) is 6.89. The fraction of sp³-hybridized carbons (Fsp3) is 0.571. The number of esters is 1. The zero-order valence-electron chi connectivity index (χ0n) is 11.8. The Bertz CT molecular complexity index is 501. The number of aromatic nitrogens is 1. The third-order valence-corrected chi connectivity index (χ3v) is 3.04. The lowest BCUT2D eigenvalue weighted by Crippen LogP contribution is -2.26. The lowest BCUT2D eigenvalue weighted by molar-refractivity contribution is -0.154. The van der Waals surface area contributed by atoms with Gasteiger partial charge in [0.1, 0.15) is 12.2 Å². The minimum absolute atomic E-state index is 0.0619. The Morgan fingerprint density at radius 1 is 1.41 bits per heavy atom. The van der Waals surface area contributed by atoms with Crippen LogP contribution in [0.3, 0.4) is 0 Å². The molecule has 2 rings (SSSR count). The Morgan fingerprint density at radius 3 is 2.91 bits per heavy atom. The van der Waals surface area contributed by atoms with Gasteiger partial charge in [-0.15, -0.1) is 0 Å². The summed E-state index contributed by atoms with van der Waals surface area (Å²) < 4.78 is 51.6. The van der Waals surface area contributed by atoms with Gasteiger partial charge in [-0.3, -0.25) is 0 Å². The van der Waals surface area contributed by atoms with Crippen LogP contribution in [0.25, 0.3) is 0 Å². The summed E-state index contributed by atoms with van der Waals surface area (Å²) in [6.07, 6.45) is -0.676. The van der Waals surface area contributed by atoms with Crippen LogP contribution in [0.4, 0.5) is 13.2 Å². The standard InChI is InChI=1S/C14H16F3NO4/c15-14(16,17)9-22-12-11(5-3-6-18-12)13(19)21-8-10-4-1-2-7-20-10/h3,5-6,10H,1-2,4,7-9H2. The molecule has 1 atom stereocenters. The molecule has 0 saturated carbocycles. The van der Waals surface area contributed by atoms with Crippen molar-refractivity contribution in [3.8, 4) is 5.88 Å². The van der Waals surface area contributed by atoms with Gasteiger partial charge in [0.2, 0.25) is 5.88 Å². The molecule has 5 nitrogen and oxygen atoms in total. The molecule has 0 bridgehead atoms. The first kappa shape index (κ1) is 16.5. The number of hydrogen-bond acceptors (Lipinski definition) is 5. The van der Waals surface area contributed by atoms with Crippen molar-refractivity contribution in [3.05, 3.63) is 23.9 Å². The van der Waals surface area contributed by atoms with E-state index in [1.807, 2.05) is 0 Å². The first-order valence-corrected chi connectivity index (χ1v) is 6.89. The van der Waals surface area contributed by atoms with Crippen molar-refractivity contribution < 1.29 is 32.2 Å². The second-order valence-corrected chi connectivity index (χ2v) is 4.85. The van der Waals surface area contributed by atoms with E-state index in [9.17, 15) is 18.0 Å². The summed E-state index contributed by atoms with van der Waals surface area (Å²) in [6, 6.07) is 2.73. The highest BCUT2D eigenvalue weighted by atomic mass is 19.4. The average molecular weight is 319 g/mol. The van der Waals surface area contributed by atoms with Gasteiger partial charge in [0.05, 0.1) is 6.10 Å². The van der Waals surface area contributed by atoms with E-state index in [0.29, 0.717) is 6.61 Å². The van der Waals surface area contributed by atoms with E-state index in [4.69, 9.17) is 9.47 Å². The zero-order chi connectivity index (χ0) is 16.0. The third kappa shape index (κ3) is 5.18. The van der Waals surface area contributed by atoms with E-state index in [1.54, 1.807) is 0 Å². The van der Waals surface area contributed by atoms with Gasteiger partial charge in [-0.2, -0.15) is 13.2 Å². The van der Waals surface area contributed by atoms with E-state index in [-0.39, 0.29) is 18.3 Å². The third-order valence-electron chi connectivity index (χ3n) is 3.04. The molecule has 1 aromatic heterocycles. The molecule has 22 heavy (non-hydrogen) atoms. The maximum atomic E-state index is 12.2. The second kappa shape index (κ2) is 7.44. The Kier molecular flexibility index (Phi) is 5.59. The molecule has 2 heterocycles. The van der Waals surface area contributed by atoms with Gasteiger partial charge in [-0.05, 0) is 31.4 Å². The number of pyridine rings is 1. The van der Waals surface area contributed by atoms with Crippen LogP contribution < -0.4 is 4.74 Å². The van der Waals surface area contributed by atoms with Crippen LogP contribution in [-0.4, -0.2) is 43.1 Å². The second-order valence-electron chi connectivity index (χ2n) is 4.85. The molecule has 1 aliphatic rings. The van der Waals surface area contributed by atoms with Crippen LogP contribution >= 0.6 is 0 Å². The van der Waals surface area contributed by atoms with Crippen molar-refractivity contribution in [3.63, 3.8) is 0 Å². The van der Waals surface area contributed by atoms with Gasteiger partial charge in [0.25, 0.3) is 0 Å². The number of carbonyl (C=O) groups is 1. The summed E-state index contributed by atoms with van der Waals surface area (Å²) >= 11 is 0. The lowest BCUT2D eigenvalue weighted by atomic mass is 10.1. The van der Waals surface area contributed by atoms with Crippen molar-refractivity contribution in [1.29, 1.82) is 0 Å². The Morgan fingerprint density at radius 2 is 2.23 bits per heavy atom. The molecule has 0 N–H and O–H groups in total. The maximum Gasteiger partial charge on any atom is 0.422 e. The minimum atomic E-state index is -4.51. The van der Waals surface area contributed by atoms with Gasteiger partial charge in [-0.1, -0.05) is 0 Å². The molecule has 1 fully saturated rings. The fourth-order valence-electron chi connectivity index (χ4n) is 2.00. The van der Waals surface area contributed by atoms with E-state index < -0.39 is 24.6 Å². The van der Waals surface area contributed by atoms with Gasteiger partial charge in [0, 0.05) is 12.8 Å². The van der Waals surface area contributed by atoms with E-state index in [1.165, 1.54) is 18.3 Å². The van der Waals surface area contributed by atoms with Crippen molar-refractivity contribution in [2.45, 2.75) is 31.5 Å². The summed E-state index contributed by atoms with van der Waals surface area (Å²) in [5.41, 5.74) is -0.137. The van der Waals surface area contributed by atoms with Crippen LogP contribution in [0.1, 0.15) is 29.6 Å². The average Bonchev–Trinajstić information content (AvgIpc) is 2.51. The van der Waals surface area contributed by atoms with Gasteiger partial charge < -0.3 is 14.2 Å². The number of carbonyl (C=O) groups excluding carboxylic acids is 1. The predicted molar refractivity (Wildman–Crippen MR) is 69.7 cm³/mol. The highest BCUT2D eigenvalue weighted by Crippen LogP contribution is 2.21. The minimum Gasteiger partial charge on any atom is -0.467 e. The lowest BCUT2D eigenvalue weighted by Gasteiger charge is -2.22. The predicted octanol–water partition coefficient (Wildman–Crippen LogP) is 2.75. The number of alkyl halides is 3.